The van der Waals surface area contributed by atoms with Crippen LogP contribution in [0.15, 0.2) is 54.6 Å². The zero-order chi connectivity index (χ0) is 30.0. The van der Waals surface area contributed by atoms with Crippen LogP contribution in [0.5, 0.6) is 0 Å². The van der Waals surface area contributed by atoms with Gasteiger partial charge in [-0.3, -0.25) is 4.79 Å². The van der Waals surface area contributed by atoms with Crippen molar-refractivity contribution in [3.63, 3.8) is 0 Å². The molecule has 2 amide bonds. The van der Waals surface area contributed by atoms with E-state index in [0.29, 0.717) is 20.8 Å². The number of fused-ring (bicyclic) bond motifs is 1. The number of nitrogens with one attached hydrogen (secondary N) is 1. The first kappa shape index (κ1) is 29.2. The number of hydrogen-bond donors (Lipinski definition) is 2. The van der Waals surface area contributed by atoms with Crippen LogP contribution in [-0.4, -0.2) is 60.8 Å². The summed E-state index contributed by atoms with van der Waals surface area (Å²) in [7, 11) is 1.42. The van der Waals surface area contributed by atoms with Gasteiger partial charge in [0.05, 0.1) is 24.0 Å². The number of nitrogens with two attached hydrogens (primary N) is 1. The highest BCUT2D eigenvalue weighted by molar-refractivity contribution is 7.21. The Bertz CT molecular complexity index is 1620. The van der Waals surface area contributed by atoms with Gasteiger partial charge < -0.3 is 25.6 Å². The second kappa shape index (κ2) is 12.3. The third kappa shape index (κ3) is 6.13. The van der Waals surface area contributed by atoms with E-state index in [1.165, 1.54) is 23.3 Å². The van der Waals surface area contributed by atoms with Crippen LogP contribution in [0.25, 0.3) is 10.2 Å². The van der Waals surface area contributed by atoms with Crippen molar-refractivity contribution in [2.24, 2.45) is 0 Å². The molecule has 0 radical (unpaired) electrons. The number of alkyl halides is 1. The third-order valence-electron chi connectivity index (χ3n) is 7.29. The van der Waals surface area contributed by atoms with Crippen molar-refractivity contribution >= 4 is 44.9 Å². The molecule has 2 atom stereocenters. The number of ether oxygens (including phenoxy) is 1. The van der Waals surface area contributed by atoms with E-state index in [-0.39, 0.29) is 43.9 Å². The highest BCUT2D eigenvalue weighted by Gasteiger charge is 2.39. The Labute approximate surface area is 244 Å². The number of benzene rings is 2. The maximum atomic E-state index is 15.1. The minimum absolute atomic E-state index is 0.0291. The molecule has 0 bridgehead atoms. The van der Waals surface area contributed by atoms with E-state index in [9.17, 15) is 14.0 Å². The number of halogens is 3. The number of nitrogens with zero attached hydrogens (tertiary/aromatic N) is 3. The minimum Gasteiger partial charge on any atom is -0.445 e. The lowest BCUT2D eigenvalue weighted by Gasteiger charge is -2.25. The van der Waals surface area contributed by atoms with Crippen molar-refractivity contribution in [3.05, 3.63) is 87.9 Å². The number of pyridine rings is 1. The number of likely N-dealkylation sites (N-methyl/N-ethyl adjacent to an activating group) is 1. The van der Waals surface area contributed by atoms with Crippen molar-refractivity contribution in [2.75, 3.05) is 37.3 Å². The van der Waals surface area contributed by atoms with E-state index in [1.54, 1.807) is 12.1 Å². The maximum absolute atomic E-state index is 15.1. The number of amides is 2. The van der Waals surface area contributed by atoms with Crippen LogP contribution in [0.3, 0.4) is 0 Å². The number of hydrogen-bond acceptors (Lipinski definition) is 7. The lowest BCUT2D eigenvalue weighted by atomic mass is 10.1. The number of aryl methyl sites for hydroxylation is 1. The molecule has 5 rings (SSSR count). The van der Waals surface area contributed by atoms with Gasteiger partial charge in [0.15, 0.2) is 0 Å². The molecular formula is C30H30F3N5O3S. The van der Waals surface area contributed by atoms with Crippen molar-refractivity contribution in [1.82, 2.24) is 15.2 Å². The van der Waals surface area contributed by atoms with E-state index < -0.39 is 35.8 Å². The maximum Gasteiger partial charge on any atom is 0.410 e. The highest BCUT2D eigenvalue weighted by atomic mass is 32.1. The number of carbonyl (C=O) groups is 2. The molecule has 220 valence electrons. The fraction of sp³-hybridized carbons (Fsp3) is 0.300. The Hall–Kier alpha value is -4.32. The number of rotatable bonds is 8. The summed E-state index contributed by atoms with van der Waals surface area (Å²) in [5.74, 6) is -1.83. The first-order valence-electron chi connectivity index (χ1n) is 13.4. The van der Waals surface area contributed by atoms with Crippen LogP contribution in [-0.2, 0) is 17.8 Å². The summed E-state index contributed by atoms with van der Waals surface area (Å²) >= 11 is 1.17. The van der Waals surface area contributed by atoms with E-state index in [0.717, 1.165) is 28.3 Å². The van der Waals surface area contributed by atoms with Crippen LogP contribution in [0.2, 0.25) is 0 Å². The van der Waals surface area contributed by atoms with Crippen LogP contribution < -0.4 is 16.0 Å². The Morgan fingerprint density at radius 2 is 1.90 bits per heavy atom. The molecule has 0 aliphatic carbocycles. The smallest absolute Gasteiger partial charge is 0.410 e. The highest BCUT2D eigenvalue weighted by Crippen LogP contribution is 2.33. The molecule has 3 N–H and O–H groups in total. The molecular weight excluding hydrogens is 567 g/mol. The van der Waals surface area contributed by atoms with Crippen molar-refractivity contribution in [1.29, 1.82) is 0 Å². The molecule has 2 aromatic heterocycles. The number of anilines is 2. The Morgan fingerprint density at radius 3 is 2.67 bits per heavy atom. The van der Waals surface area contributed by atoms with Gasteiger partial charge in [0.25, 0.3) is 5.91 Å². The summed E-state index contributed by atoms with van der Waals surface area (Å²) in [6.07, 6.45) is -2.17. The molecule has 3 heterocycles. The molecule has 42 heavy (non-hydrogen) atoms. The average Bonchev–Trinajstić information content (AvgIpc) is 3.52. The fourth-order valence-electron chi connectivity index (χ4n) is 4.93. The van der Waals surface area contributed by atoms with Gasteiger partial charge >= 0.3 is 6.09 Å². The minimum atomic E-state index is -1.49. The molecule has 0 saturated carbocycles. The average molecular weight is 598 g/mol. The molecule has 1 aliphatic rings. The summed E-state index contributed by atoms with van der Waals surface area (Å²) in [6.45, 7) is 1.68. The molecule has 12 heteroatoms. The topological polar surface area (TPSA) is 101 Å². The normalized spacial score (nSPS) is 16.5. The van der Waals surface area contributed by atoms with Crippen molar-refractivity contribution in [3.8, 4) is 0 Å². The quantitative estimate of drug-likeness (QED) is 0.289. The second-order valence-electron chi connectivity index (χ2n) is 10.2. The van der Waals surface area contributed by atoms with Gasteiger partial charge in [0.1, 0.15) is 34.1 Å². The van der Waals surface area contributed by atoms with E-state index >= 15 is 8.78 Å². The number of carbonyl (C=O) groups excluding carboxylic acids is 2. The van der Waals surface area contributed by atoms with Gasteiger partial charge in [-0.25, -0.2) is 22.9 Å². The predicted octanol–water partition coefficient (Wildman–Crippen LogP) is 5.23. The van der Waals surface area contributed by atoms with Crippen LogP contribution in [0.1, 0.15) is 26.5 Å². The summed E-state index contributed by atoms with van der Waals surface area (Å²) in [5.41, 5.74) is 8.01. The molecule has 1 saturated heterocycles. The van der Waals surface area contributed by atoms with Gasteiger partial charge in [-0.15, -0.1) is 11.3 Å². The lowest BCUT2D eigenvalue weighted by molar-refractivity contribution is 0.0814. The van der Waals surface area contributed by atoms with Gasteiger partial charge in [0.2, 0.25) is 0 Å². The second-order valence-corrected chi connectivity index (χ2v) is 11.2. The third-order valence-corrected chi connectivity index (χ3v) is 8.40. The van der Waals surface area contributed by atoms with Gasteiger partial charge in [-0.2, -0.15) is 0 Å². The van der Waals surface area contributed by atoms with E-state index in [1.807, 2.05) is 37.3 Å². The van der Waals surface area contributed by atoms with Crippen LogP contribution in [0.4, 0.5) is 29.3 Å². The number of nitrogen functional groups attached to an aromatic ring is 1. The molecule has 1 aliphatic heterocycles. The molecule has 0 spiro atoms. The van der Waals surface area contributed by atoms with E-state index in [2.05, 4.69) is 10.3 Å². The monoisotopic (exact) mass is 597 g/mol. The van der Waals surface area contributed by atoms with Gasteiger partial charge in [0, 0.05) is 37.3 Å². The first-order chi connectivity index (χ1) is 20.1. The van der Waals surface area contributed by atoms with Crippen LogP contribution in [0, 0.1) is 18.6 Å². The molecule has 8 nitrogen and oxygen atoms in total. The Kier molecular flexibility index (Phi) is 8.53. The molecule has 0 unspecified atom stereocenters. The Balaban J connectivity index is 1.18. The van der Waals surface area contributed by atoms with Crippen LogP contribution >= 0.6 is 11.3 Å². The standard InChI is InChI=1S/C30H30F3N5O3S/c1-17-8-9-20-26(34)27(42-29(20)36-17)28(39)35-11-10-19-12-22(32)24(13-21(19)31)38-14-23(33)25(15-38)37(2)30(40)41-16-18-6-4-3-5-7-18/h3-9,12-13,23,25H,10-11,14-16,34H2,1-2H3,(H,35,39)/t23-,25+/m1/s1. The molecule has 1 fully saturated rings. The number of thiophene rings is 1. The predicted molar refractivity (Wildman–Crippen MR) is 156 cm³/mol. The molecule has 2 aromatic carbocycles. The fourth-order valence-corrected chi connectivity index (χ4v) is 5.98. The summed E-state index contributed by atoms with van der Waals surface area (Å²) in [6, 6.07) is 13.9. The largest absolute Gasteiger partial charge is 0.445 e. The molecule has 4 aromatic rings. The first-order valence-corrected chi connectivity index (χ1v) is 14.2. The summed E-state index contributed by atoms with van der Waals surface area (Å²) in [4.78, 5) is 33.1. The zero-order valence-corrected chi connectivity index (χ0v) is 23.9. The summed E-state index contributed by atoms with van der Waals surface area (Å²) in [5, 5.41) is 3.39. The SMILES string of the molecule is Cc1ccc2c(N)c(C(=O)NCCc3cc(F)c(N4C[C@@H](F)[C@@H](N(C)C(=O)OCc5ccccc5)C4)cc3F)sc2n1. The number of aromatic nitrogens is 1. The van der Waals surface area contributed by atoms with Gasteiger partial charge in [-0.05, 0) is 42.7 Å². The lowest BCUT2D eigenvalue weighted by Crippen LogP contribution is -2.43. The van der Waals surface area contributed by atoms with Crippen molar-refractivity contribution < 1.29 is 27.5 Å². The Morgan fingerprint density at radius 1 is 1.14 bits per heavy atom. The van der Waals surface area contributed by atoms with Gasteiger partial charge in [-0.1, -0.05) is 30.3 Å². The zero-order valence-electron chi connectivity index (χ0n) is 23.1. The van der Waals surface area contributed by atoms with Crippen molar-refractivity contribution in [2.45, 2.75) is 32.2 Å². The summed E-state index contributed by atoms with van der Waals surface area (Å²) < 4.78 is 50.4. The van der Waals surface area contributed by atoms with E-state index in [4.69, 9.17) is 10.5 Å².